The average molecular weight is 545 g/mol. The maximum Gasteiger partial charge on any atom is 0.264 e. The van der Waals surface area contributed by atoms with Crippen LogP contribution in [0.4, 0.5) is 5.69 Å². The van der Waals surface area contributed by atoms with Gasteiger partial charge in [0, 0.05) is 0 Å². The molecule has 0 aliphatic carbocycles. The van der Waals surface area contributed by atoms with E-state index in [1.807, 2.05) is 49.4 Å². The van der Waals surface area contributed by atoms with Crippen LogP contribution in [0.25, 0.3) is 16.8 Å². The van der Waals surface area contributed by atoms with Crippen LogP contribution in [-0.4, -0.2) is 24.8 Å². The van der Waals surface area contributed by atoms with E-state index in [0.29, 0.717) is 45.4 Å². The molecular formula is C30H25ClN2O4S. The number of hydrogen-bond acceptors (Lipinski definition) is 6. The molecule has 6 nitrogen and oxygen atoms in total. The Morgan fingerprint density at radius 3 is 2.53 bits per heavy atom. The minimum absolute atomic E-state index is 0.230. The summed E-state index contributed by atoms with van der Waals surface area (Å²) in [4.78, 5) is 17.6. The van der Waals surface area contributed by atoms with Crippen LogP contribution in [0.1, 0.15) is 18.1 Å². The summed E-state index contributed by atoms with van der Waals surface area (Å²) in [6.45, 7) is 2.87. The lowest BCUT2D eigenvalue weighted by Crippen LogP contribution is -2.19. The summed E-state index contributed by atoms with van der Waals surface area (Å²) < 4.78 is 17.1. The van der Waals surface area contributed by atoms with E-state index in [9.17, 15) is 4.79 Å². The van der Waals surface area contributed by atoms with Gasteiger partial charge in [0.1, 0.15) is 12.4 Å². The molecule has 0 atom stereocenters. The van der Waals surface area contributed by atoms with E-state index >= 15 is 0 Å². The van der Waals surface area contributed by atoms with E-state index in [4.69, 9.17) is 25.8 Å². The lowest BCUT2D eigenvalue weighted by molar-refractivity contribution is -0.115. The molecule has 1 saturated heterocycles. The molecule has 0 spiro atoms. The number of amidine groups is 1. The molecule has 1 aliphatic rings. The van der Waals surface area contributed by atoms with Crippen LogP contribution < -0.4 is 19.5 Å². The number of thioether (sulfide) groups is 1. The van der Waals surface area contributed by atoms with Gasteiger partial charge in [-0.25, -0.2) is 4.99 Å². The Kier molecular flexibility index (Phi) is 7.86. The van der Waals surface area contributed by atoms with Crippen molar-refractivity contribution in [1.82, 2.24) is 5.32 Å². The van der Waals surface area contributed by atoms with Crippen LogP contribution in [0, 0.1) is 0 Å². The van der Waals surface area contributed by atoms with Gasteiger partial charge in [-0.3, -0.25) is 4.79 Å². The van der Waals surface area contributed by atoms with Gasteiger partial charge in [0.15, 0.2) is 16.7 Å². The zero-order chi connectivity index (χ0) is 26.5. The molecule has 5 rings (SSSR count). The zero-order valence-corrected chi connectivity index (χ0v) is 22.4. The smallest absolute Gasteiger partial charge is 0.264 e. The number of hydrogen-bond donors (Lipinski definition) is 1. The van der Waals surface area contributed by atoms with Gasteiger partial charge in [-0.1, -0.05) is 48.0 Å². The molecule has 1 heterocycles. The van der Waals surface area contributed by atoms with E-state index in [1.165, 1.54) is 17.1 Å². The maximum absolute atomic E-state index is 12.6. The molecule has 0 aromatic heterocycles. The molecule has 0 unspecified atom stereocenters. The summed E-state index contributed by atoms with van der Waals surface area (Å²) >= 11 is 7.85. The van der Waals surface area contributed by atoms with Gasteiger partial charge in [-0.05, 0) is 89.1 Å². The Labute approximate surface area is 230 Å². The van der Waals surface area contributed by atoms with Gasteiger partial charge in [-0.2, -0.15) is 0 Å². The molecule has 4 aromatic rings. The predicted octanol–water partition coefficient (Wildman–Crippen LogP) is 7.37. The van der Waals surface area contributed by atoms with Crippen molar-refractivity contribution in [1.29, 1.82) is 0 Å². The first kappa shape index (κ1) is 25.7. The summed E-state index contributed by atoms with van der Waals surface area (Å²) in [5, 5.41) is 6.01. The Balaban J connectivity index is 1.31. The van der Waals surface area contributed by atoms with Crippen LogP contribution in [0.2, 0.25) is 5.02 Å². The number of halogens is 1. The molecule has 1 amide bonds. The molecular weight excluding hydrogens is 520 g/mol. The summed E-state index contributed by atoms with van der Waals surface area (Å²) in [5.41, 5.74) is 2.45. The van der Waals surface area contributed by atoms with Gasteiger partial charge in [-0.15, -0.1) is 0 Å². The second kappa shape index (κ2) is 11.6. The Morgan fingerprint density at radius 1 is 0.974 bits per heavy atom. The molecule has 1 fully saturated rings. The second-order valence-electron chi connectivity index (χ2n) is 8.41. The Hall–Kier alpha value is -3.94. The minimum atomic E-state index is -0.230. The van der Waals surface area contributed by atoms with Crippen molar-refractivity contribution in [2.45, 2.75) is 13.5 Å². The zero-order valence-electron chi connectivity index (χ0n) is 20.9. The average Bonchev–Trinajstić information content (AvgIpc) is 3.26. The minimum Gasteiger partial charge on any atom is -0.494 e. The molecule has 0 saturated carbocycles. The maximum atomic E-state index is 12.6. The summed E-state index contributed by atoms with van der Waals surface area (Å²) in [6, 6.07) is 25.3. The first-order valence-electron chi connectivity index (χ1n) is 12.0. The number of carbonyl (C=O) groups is 1. The topological polar surface area (TPSA) is 69.2 Å². The summed E-state index contributed by atoms with van der Waals surface area (Å²) in [6.07, 6.45) is 1.75. The SMILES string of the molecule is CCOc1ccc(N=C2NC(=O)/C(=C\c3cc(Cl)c(OCc4ccc5ccccc5c4)c(OC)c3)S2)cc1. The van der Waals surface area contributed by atoms with Crippen molar-refractivity contribution in [3.05, 3.63) is 99.9 Å². The van der Waals surface area contributed by atoms with Crippen LogP contribution in [0.15, 0.2) is 88.8 Å². The van der Waals surface area contributed by atoms with Crippen LogP contribution in [0.3, 0.4) is 0 Å². The number of aliphatic imine (C=N–C) groups is 1. The number of carbonyl (C=O) groups excluding carboxylic acids is 1. The molecule has 38 heavy (non-hydrogen) atoms. The molecule has 0 bridgehead atoms. The van der Waals surface area contributed by atoms with E-state index < -0.39 is 0 Å². The largest absolute Gasteiger partial charge is 0.494 e. The fourth-order valence-corrected chi connectivity index (χ4v) is 5.10. The standard InChI is InChI=1S/C30H25ClN2O4S/c1-3-36-24-12-10-23(11-13-24)32-30-33-29(34)27(38-30)17-20-15-25(31)28(26(16-20)35-2)37-18-19-8-9-21-6-4-5-7-22(21)14-19/h4-17H,3,18H2,1-2H3,(H,32,33,34)/b27-17+. The van der Waals surface area contributed by atoms with Gasteiger partial charge >= 0.3 is 0 Å². The highest BCUT2D eigenvalue weighted by Gasteiger charge is 2.24. The van der Waals surface area contributed by atoms with Gasteiger partial charge in [0.2, 0.25) is 0 Å². The van der Waals surface area contributed by atoms with Gasteiger partial charge in [0.25, 0.3) is 5.91 Å². The number of fused-ring (bicyclic) bond motifs is 1. The van der Waals surface area contributed by atoms with Crippen molar-refractivity contribution in [3.63, 3.8) is 0 Å². The molecule has 1 aliphatic heterocycles. The van der Waals surface area contributed by atoms with Crippen molar-refractivity contribution in [2.24, 2.45) is 4.99 Å². The van der Waals surface area contributed by atoms with Gasteiger partial charge < -0.3 is 19.5 Å². The van der Waals surface area contributed by atoms with Crippen LogP contribution in [0.5, 0.6) is 17.2 Å². The van der Waals surface area contributed by atoms with Crippen molar-refractivity contribution in [3.8, 4) is 17.2 Å². The number of benzene rings is 4. The number of rotatable bonds is 8. The highest BCUT2D eigenvalue weighted by Crippen LogP contribution is 2.39. The third kappa shape index (κ3) is 5.96. The van der Waals surface area contributed by atoms with E-state index in [0.717, 1.165) is 22.4 Å². The number of amides is 1. The first-order chi connectivity index (χ1) is 18.5. The van der Waals surface area contributed by atoms with E-state index in [-0.39, 0.29) is 5.91 Å². The highest BCUT2D eigenvalue weighted by atomic mass is 35.5. The summed E-state index contributed by atoms with van der Waals surface area (Å²) in [7, 11) is 1.56. The Morgan fingerprint density at radius 2 is 1.76 bits per heavy atom. The van der Waals surface area contributed by atoms with Crippen molar-refractivity contribution < 1.29 is 19.0 Å². The monoisotopic (exact) mass is 544 g/mol. The molecule has 1 N–H and O–H groups in total. The summed E-state index contributed by atoms with van der Waals surface area (Å²) in [5.74, 6) is 1.48. The normalized spacial score (nSPS) is 15.2. The predicted molar refractivity (Wildman–Crippen MR) is 155 cm³/mol. The third-order valence-electron chi connectivity index (χ3n) is 5.78. The molecule has 4 aromatic carbocycles. The molecule has 192 valence electrons. The number of nitrogens with zero attached hydrogens (tertiary/aromatic N) is 1. The number of nitrogens with one attached hydrogen (secondary N) is 1. The fourth-order valence-electron chi connectivity index (χ4n) is 3.98. The third-order valence-corrected chi connectivity index (χ3v) is 6.97. The van der Waals surface area contributed by atoms with E-state index in [2.05, 4.69) is 34.6 Å². The van der Waals surface area contributed by atoms with Crippen LogP contribution in [-0.2, 0) is 11.4 Å². The van der Waals surface area contributed by atoms with Gasteiger partial charge in [0.05, 0.1) is 29.3 Å². The number of methoxy groups -OCH3 is 1. The molecule has 0 radical (unpaired) electrons. The fraction of sp³-hybridized carbons (Fsp3) is 0.133. The quantitative estimate of drug-likeness (QED) is 0.234. The van der Waals surface area contributed by atoms with Crippen LogP contribution >= 0.6 is 23.4 Å². The van der Waals surface area contributed by atoms with E-state index in [1.54, 1.807) is 25.3 Å². The second-order valence-corrected chi connectivity index (χ2v) is 9.85. The lowest BCUT2D eigenvalue weighted by Gasteiger charge is -2.14. The first-order valence-corrected chi connectivity index (χ1v) is 13.2. The number of ether oxygens (including phenoxy) is 3. The molecule has 8 heteroatoms. The highest BCUT2D eigenvalue weighted by molar-refractivity contribution is 8.18. The Bertz CT molecular complexity index is 1550. The van der Waals surface area contributed by atoms with Crippen molar-refractivity contribution in [2.75, 3.05) is 13.7 Å². The van der Waals surface area contributed by atoms with Crippen molar-refractivity contribution >= 4 is 57.0 Å². The lowest BCUT2D eigenvalue weighted by atomic mass is 10.1.